The maximum absolute atomic E-state index is 11.6. The van der Waals surface area contributed by atoms with Gasteiger partial charge in [0.25, 0.3) is 0 Å². The molecule has 1 atom stereocenters. The molecule has 0 saturated carbocycles. The van der Waals surface area contributed by atoms with Crippen LogP contribution in [0.5, 0.6) is 0 Å². The number of hydrogen-bond acceptors (Lipinski definition) is 2. The second kappa shape index (κ2) is 5.87. The first-order chi connectivity index (χ1) is 7.49. The molecule has 1 rings (SSSR count). The van der Waals surface area contributed by atoms with Crippen molar-refractivity contribution in [2.24, 2.45) is 5.92 Å². The van der Waals surface area contributed by atoms with Gasteiger partial charge in [0.2, 0.25) is 11.8 Å². The molecule has 1 aliphatic rings. The summed E-state index contributed by atoms with van der Waals surface area (Å²) >= 11 is 0. The Morgan fingerprint density at radius 3 is 2.69 bits per heavy atom. The smallest absolute Gasteiger partial charge is 0.220 e. The van der Waals surface area contributed by atoms with Gasteiger partial charge in [0, 0.05) is 32.5 Å². The van der Waals surface area contributed by atoms with Crippen molar-refractivity contribution in [3.05, 3.63) is 0 Å². The molecule has 4 heteroatoms. The third-order valence-corrected chi connectivity index (χ3v) is 2.83. The number of hydrogen-bond donors (Lipinski definition) is 1. The average molecular weight is 226 g/mol. The van der Waals surface area contributed by atoms with Gasteiger partial charge in [-0.05, 0) is 18.8 Å². The highest BCUT2D eigenvalue weighted by Crippen LogP contribution is 2.10. The first-order valence-electron chi connectivity index (χ1n) is 6.04. The molecule has 0 aromatic carbocycles. The molecular formula is C12H22N2O2. The molecule has 0 radical (unpaired) electrons. The van der Waals surface area contributed by atoms with Crippen molar-refractivity contribution >= 4 is 11.8 Å². The molecule has 0 spiro atoms. The van der Waals surface area contributed by atoms with Crippen LogP contribution in [0.25, 0.3) is 0 Å². The number of nitrogens with one attached hydrogen (secondary N) is 1. The second-order valence-electron chi connectivity index (χ2n) is 4.97. The van der Waals surface area contributed by atoms with Crippen molar-refractivity contribution < 1.29 is 9.59 Å². The van der Waals surface area contributed by atoms with Gasteiger partial charge in [0.1, 0.15) is 0 Å². The molecule has 16 heavy (non-hydrogen) atoms. The molecule has 0 aromatic rings. The predicted molar refractivity (Wildman–Crippen MR) is 62.9 cm³/mol. The first-order valence-corrected chi connectivity index (χ1v) is 6.04. The number of carbonyl (C=O) groups is 2. The number of carbonyl (C=O) groups excluding carboxylic acids is 2. The Kier molecular flexibility index (Phi) is 4.77. The van der Waals surface area contributed by atoms with Crippen LogP contribution in [0.15, 0.2) is 0 Å². The quantitative estimate of drug-likeness (QED) is 0.785. The summed E-state index contributed by atoms with van der Waals surface area (Å²) in [4.78, 5) is 24.6. The molecule has 2 amide bonds. The minimum absolute atomic E-state index is 0.0998. The second-order valence-corrected chi connectivity index (χ2v) is 4.97. The Morgan fingerprint density at radius 2 is 2.12 bits per heavy atom. The van der Waals surface area contributed by atoms with Gasteiger partial charge in [-0.1, -0.05) is 13.8 Å². The van der Waals surface area contributed by atoms with Gasteiger partial charge in [0.05, 0.1) is 0 Å². The highest BCUT2D eigenvalue weighted by molar-refractivity contribution is 5.77. The largest absolute Gasteiger partial charge is 0.352 e. The van der Waals surface area contributed by atoms with Gasteiger partial charge in [-0.15, -0.1) is 0 Å². The Hall–Kier alpha value is -1.06. The number of rotatable bonds is 3. The van der Waals surface area contributed by atoms with Gasteiger partial charge < -0.3 is 10.2 Å². The lowest BCUT2D eigenvalue weighted by molar-refractivity contribution is -0.131. The molecule has 1 fully saturated rings. The molecule has 4 nitrogen and oxygen atoms in total. The zero-order chi connectivity index (χ0) is 12.1. The molecule has 0 bridgehead atoms. The Bertz CT molecular complexity index is 264. The zero-order valence-electron chi connectivity index (χ0n) is 10.5. The minimum atomic E-state index is 0.0998. The predicted octanol–water partition coefficient (Wildman–Crippen LogP) is 1.16. The monoisotopic (exact) mass is 226 g/mol. The van der Waals surface area contributed by atoms with E-state index in [2.05, 4.69) is 5.32 Å². The normalized spacial score (nSPS) is 21.0. The Labute approximate surface area is 97.4 Å². The first kappa shape index (κ1) is 13.0. The van der Waals surface area contributed by atoms with Crippen molar-refractivity contribution in [2.45, 2.75) is 46.1 Å². The number of likely N-dealkylation sites (tertiary alicyclic amines) is 1. The van der Waals surface area contributed by atoms with Crippen molar-refractivity contribution in [1.82, 2.24) is 10.2 Å². The van der Waals surface area contributed by atoms with Gasteiger partial charge in [-0.25, -0.2) is 0 Å². The van der Waals surface area contributed by atoms with E-state index in [0.717, 1.165) is 19.4 Å². The summed E-state index contributed by atoms with van der Waals surface area (Å²) in [6, 6.07) is 0.142. The van der Waals surface area contributed by atoms with Crippen molar-refractivity contribution in [1.29, 1.82) is 0 Å². The van der Waals surface area contributed by atoms with Crippen molar-refractivity contribution in [3.8, 4) is 0 Å². The maximum Gasteiger partial charge on any atom is 0.220 e. The van der Waals surface area contributed by atoms with Crippen molar-refractivity contribution in [3.63, 3.8) is 0 Å². The summed E-state index contributed by atoms with van der Waals surface area (Å²) in [5.41, 5.74) is 0. The van der Waals surface area contributed by atoms with Crippen LogP contribution in [0.4, 0.5) is 0 Å². The molecule has 1 heterocycles. The third-order valence-electron chi connectivity index (χ3n) is 2.83. The van der Waals surface area contributed by atoms with Crippen LogP contribution < -0.4 is 5.32 Å². The lowest BCUT2D eigenvalue weighted by Crippen LogP contribution is -2.49. The molecule has 1 aliphatic heterocycles. The van der Waals surface area contributed by atoms with E-state index in [1.807, 2.05) is 18.7 Å². The molecule has 0 aromatic heterocycles. The fourth-order valence-corrected chi connectivity index (χ4v) is 2.04. The number of amides is 2. The Balaban J connectivity index is 2.37. The van der Waals surface area contributed by atoms with E-state index >= 15 is 0 Å². The van der Waals surface area contributed by atoms with E-state index in [1.54, 1.807) is 6.92 Å². The van der Waals surface area contributed by atoms with E-state index in [9.17, 15) is 9.59 Å². The lowest BCUT2D eigenvalue weighted by Gasteiger charge is -2.32. The summed E-state index contributed by atoms with van der Waals surface area (Å²) < 4.78 is 0. The van der Waals surface area contributed by atoms with Crippen LogP contribution in [-0.2, 0) is 9.59 Å². The third kappa shape index (κ3) is 4.21. The standard InChI is InChI=1S/C12H22N2O2/c1-9(2)7-12(16)13-11-5-4-6-14(8-11)10(3)15/h9,11H,4-8H2,1-3H3,(H,13,16). The van der Waals surface area contributed by atoms with Crippen LogP contribution >= 0.6 is 0 Å². The average Bonchev–Trinajstić information content (AvgIpc) is 2.16. The topological polar surface area (TPSA) is 49.4 Å². The van der Waals surface area contributed by atoms with Crippen LogP contribution in [0.1, 0.15) is 40.0 Å². The summed E-state index contributed by atoms with van der Waals surface area (Å²) in [5.74, 6) is 0.584. The van der Waals surface area contributed by atoms with Crippen molar-refractivity contribution in [2.75, 3.05) is 13.1 Å². The maximum atomic E-state index is 11.6. The minimum Gasteiger partial charge on any atom is -0.352 e. The van der Waals surface area contributed by atoms with E-state index < -0.39 is 0 Å². The zero-order valence-corrected chi connectivity index (χ0v) is 10.5. The summed E-state index contributed by atoms with van der Waals surface area (Å²) in [7, 11) is 0. The molecular weight excluding hydrogens is 204 g/mol. The highest BCUT2D eigenvalue weighted by Gasteiger charge is 2.22. The van der Waals surface area contributed by atoms with Gasteiger partial charge in [-0.3, -0.25) is 9.59 Å². The molecule has 1 unspecified atom stereocenters. The number of piperidine rings is 1. The molecule has 1 N–H and O–H groups in total. The summed E-state index contributed by atoms with van der Waals surface area (Å²) in [6.07, 6.45) is 2.52. The SMILES string of the molecule is CC(=O)N1CCCC(NC(=O)CC(C)C)C1. The van der Waals surface area contributed by atoms with E-state index in [0.29, 0.717) is 18.9 Å². The molecule has 92 valence electrons. The van der Waals surface area contributed by atoms with Crippen LogP contribution in [0.3, 0.4) is 0 Å². The van der Waals surface area contributed by atoms with Crippen LogP contribution in [-0.4, -0.2) is 35.8 Å². The van der Waals surface area contributed by atoms with E-state index in [1.165, 1.54) is 0 Å². The summed E-state index contributed by atoms with van der Waals surface area (Å²) in [5, 5.41) is 3.00. The Morgan fingerprint density at radius 1 is 1.44 bits per heavy atom. The highest BCUT2D eigenvalue weighted by atomic mass is 16.2. The molecule has 1 saturated heterocycles. The van der Waals surface area contributed by atoms with Gasteiger partial charge in [0.15, 0.2) is 0 Å². The van der Waals surface area contributed by atoms with Gasteiger partial charge >= 0.3 is 0 Å². The fourth-order valence-electron chi connectivity index (χ4n) is 2.04. The van der Waals surface area contributed by atoms with Crippen LogP contribution in [0.2, 0.25) is 0 Å². The van der Waals surface area contributed by atoms with Crippen LogP contribution in [0, 0.1) is 5.92 Å². The number of nitrogens with zero attached hydrogens (tertiary/aromatic N) is 1. The van der Waals surface area contributed by atoms with E-state index in [-0.39, 0.29) is 17.9 Å². The van der Waals surface area contributed by atoms with E-state index in [4.69, 9.17) is 0 Å². The lowest BCUT2D eigenvalue weighted by atomic mass is 10.0. The summed E-state index contributed by atoms with van der Waals surface area (Å²) in [6.45, 7) is 7.13. The molecule has 0 aliphatic carbocycles. The fraction of sp³-hybridized carbons (Fsp3) is 0.833. The van der Waals surface area contributed by atoms with Gasteiger partial charge in [-0.2, -0.15) is 0 Å².